The van der Waals surface area contributed by atoms with E-state index in [1.165, 1.54) is 23.7 Å². The predicted octanol–water partition coefficient (Wildman–Crippen LogP) is 6.30. The fourth-order valence-electron chi connectivity index (χ4n) is 3.88. The first-order chi connectivity index (χ1) is 17.9. The van der Waals surface area contributed by atoms with Gasteiger partial charge in [-0.25, -0.2) is 9.97 Å². The summed E-state index contributed by atoms with van der Waals surface area (Å²) in [4.78, 5) is 27.5. The molecule has 1 aliphatic rings. The molecule has 9 nitrogen and oxygen atoms in total. The van der Waals surface area contributed by atoms with Gasteiger partial charge in [-0.15, -0.1) is 0 Å². The van der Waals surface area contributed by atoms with Crippen LogP contribution in [-0.2, 0) is 6.54 Å². The van der Waals surface area contributed by atoms with Crippen molar-refractivity contribution >= 4 is 40.8 Å². The minimum Gasteiger partial charge on any atom is -0.356 e. The van der Waals surface area contributed by atoms with Crippen molar-refractivity contribution in [3.63, 3.8) is 0 Å². The van der Waals surface area contributed by atoms with Crippen LogP contribution in [0.3, 0.4) is 0 Å². The topological polar surface area (TPSA) is 102 Å². The second-order valence-corrected chi connectivity index (χ2v) is 10.4. The zero-order valence-electron chi connectivity index (χ0n) is 21.2. The van der Waals surface area contributed by atoms with Crippen molar-refractivity contribution in [1.29, 1.82) is 0 Å². The third-order valence-electron chi connectivity index (χ3n) is 5.87. The van der Waals surface area contributed by atoms with E-state index in [1.54, 1.807) is 0 Å². The number of carbonyl (C=O) groups excluding carboxylic acids is 1. The largest absolute Gasteiger partial charge is 0.356 e. The summed E-state index contributed by atoms with van der Waals surface area (Å²) in [5.41, 5.74) is 3.51. The van der Waals surface area contributed by atoms with Crippen molar-refractivity contribution in [2.24, 2.45) is 0 Å². The number of aromatic amines is 1. The third kappa shape index (κ3) is 6.90. The number of nitrogens with zero attached hydrogens (tertiary/aromatic N) is 5. The lowest BCUT2D eigenvalue weighted by Crippen LogP contribution is -2.37. The summed E-state index contributed by atoms with van der Waals surface area (Å²) >= 11 is 1.48. The smallest absolute Gasteiger partial charge is 0.255 e. The molecule has 0 radical (unpaired) electrons. The van der Waals surface area contributed by atoms with Crippen molar-refractivity contribution < 1.29 is 9.07 Å². The first-order valence-corrected chi connectivity index (χ1v) is 13.0. The molecule has 5 rings (SSSR count). The van der Waals surface area contributed by atoms with E-state index in [0.717, 1.165) is 41.7 Å². The van der Waals surface area contributed by atoms with Gasteiger partial charge in [0.25, 0.3) is 5.91 Å². The lowest BCUT2D eigenvalue weighted by atomic mass is 10.1. The zero-order chi connectivity index (χ0) is 25.8. The molecule has 0 saturated carbocycles. The van der Waals surface area contributed by atoms with Gasteiger partial charge in [-0.1, -0.05) is 19.6 Å². The maximum Gasteiger partial charge on any atom is 0.255 e. The standard InChI is InChI=1S/C27H30N8OS.CH4.3H2/c1-18-15-24(33-32-18)29-23-16-25(35-13-4-14-35)31-27(30-23)37-22-11-9-21(10-12-22)28-26(36)20-7-5-19(6-8-20)17-34(2)3;;;;/h5-12,15-16H,4,13-14,17H2,1-3H3,(H,28,36)(H2,29,30,31,32,33);1H4;3*1H. The molecule has 1 fully saturated rings. The van der Waals surface area contributed by atoms with Gasteiger partial charge < -0.3 is 20.4 Å². The van der Waals surface area contributed by atoms with Crippen molar-refractivity contribution in [2.45, 2.75) is 37.4 Å². The number of aromatic nitrogens is 4. The summed E-state index contributed by atoms with van der Waals surface area (Å²) in [5.74, 6) is 2.19. The van der Waals surface area contributed by atoms with Gasteiger partial charge in [0.05, 0.1) is 0 Å². The van der Waals surface area contributed by atoms with Crippen LogP contribution in [0.25, 0.3) is 0 Å². The SMILES string of the molecule is C.Cc1cc(Nc2cc(N3CCC3)nc(Sc3ccc(NC(=O)c4ccc(CN(C)C)cc4)cc3)n2)n[nH]1.[HH].[HH].[HH]. The Kier molecular flexibility index (Phi) is 8.65. The van der Waals surface area contributed by atoms with E-state index in [0.29, 0.717) is 22.4 Å². The average molecular weight is 537 g/mol. The number of benzene rings is 2. The van der Waals surface area contributed by atoms with Gasteiger partial charge in [-0.2, -0.15) is 5.10 Å². The molecular formula is C28H40N8OS. The zero-order valence-corrected chi connectivity index (χ0v) is 22.0. The molecule has 0 atom stereocenters. The van der Waals surface area contributed by atoms with E-state index in [4.69, 9.17) is 9.97 Å². The molecule has 2 aromatic heterocycles. The minimum atomic E-state index is -0.133. The van der Waals surface area contributed by atoms with E-state index in [2.05, 4.69) is 30.6 Å². The van der Waals surface area contributed by atoms with E-state index in [1.807, 2.05) is 81.7 Å². The Labute approximate surface area is 232 Å². The van der Waals surface area contributed by atoms with E-state index in [9.17, 15) is 4.79 Å². The molecule has 204 valence electrons. The Balaban J connectivity index is 0.00000210. The lowest BCUT2D eigenvalue weighted by molar-refractivity contribution is 0.102. The number of carbonyl (C=O) groups is 1. The van der Waals surface area contributed by atoms with Gasteiger partial charge in [-0.05, 0) is 81.2 Å². The van der Waals surface area contributed by atoms with E-state index >= 15 is 0 Å². The second kappa shape index (κ2) is 12.1. The maximum atomic E-state index is 12.7. The first-order valence-electron chi connectivity index (χ1n) is 12.2. The van der Waals surface area contributed by atoms with Crippen molar-refractivity contribution in [2.75, 3.05) is 42.7 Å². The Morgan fingerprint density at radius 1 is 1.05 bits per heavy atom. The molecular weight excluding hydrogens is 496 g/mol. The molecule has 38 heavy (non-hydrogen) atoms. The van der Waals surface area contributed by atoms with Crippen molar-refractivity contribution in [3.8, 4) is 0 Å². The Morgan fingerprint density at radius 2 is 1.79 bits per heavy atom. The highest BCUT2D eigenvalue weighted by atomic mass is 32.2. The summed E-state index contributed by atoms with van der Waals surface area (Å²) in [6.07, 6.45) is 1.17. The number of aryl methyl sites for hydroxylation is 1. The van der Waals surface area contributed by atoms with E-state index < -0.39 is 0 Å². The molecule has 1 aliphatic heterocycles. The maximum absolute atomic E-state index is 12.7. The van der Waals surface area contributed by atoms with Gasteiger partial charge in [0.2, 0.25) is 0 Å². The fraction of sp³-hybridized carbons (Fsp3) is 0.286. The molecule has 0 unspecified atom stereocenters. The highest BCUT2D eigenvalue weighted by Gasteiger charge is 2.18. The molecule has 0 spiro atoms. The number of hydrogen-bond acceptors (Lipinski definition) is 8. The van der Waals surface area contributed by atoms with Gasteiger partial charge >= 0.3 is 0 Å². The molecule has 1 saturated heterocycles. The Morgan fingerprint density at radius 3 is 2.39 bits per heavy atom. The highest BCUT2D eigenvalue weighted by Crippen LogP contribution is 2.31. The third-order valence-corrected chi connectivity index (χ3v) is 6.74. The molecule has 10 heteroatoms. The van der Waals surface area contributed by atoms with Crippen LogP contribution in [0.4, 0.5) is 23.1 Å². The van der Waals surface area contributed by atoms with Gasteiger partial charge in [-0.3, -0.25) is 9.89 Å². The van der Waals surface area contributed by atoms with Crippen LogP contribution in [0.5, 0.6) is 0 Å². The number of hydrogen-bond donors (Lipinski definition) is 3. The summed E-state index contributed by atoms with van der Waals surface area (Å²) in [6, 6.07) is 19.3. The first kappa shape index (κ1) is 27.2. The van der Waals surface area contributed by atoms with Crippen LogP contribution < -0.4 is 15.5 Å². The molecule has 0 aliphatic carbocycles. The highest BCUT2D eigenvalue weighted by molar-refractivity contribution is 7.99. The fourth-order valence-corrected chi connectivity index (χ4v) is 4.65. The normalized spacial score (nSPS) is 12.6. The Hall–Kier alpha value is -3.89. The predicted molar refractivity (Wildman–Crippen MR) is 161 cm³/mol. The number of anilines is 4. The molecule has 3 heterocycles. The van der Waals surface area contributed by atoms with Crippen LogP contribution in [-0.4, -0.2) is 58.2 Å². The molecule has 4 aromatic rings. The molecule has 3 N–H and O–H groups in total. The summed E-state index contributed by atoms with van der Waals surface area (Å²) in [7, 11) is 4.05. The van der Waals surface area contributed by atoms with Crippen LogP contribution in [0, 0.1) is 6.92 Å². The van der Waals surface area contributed by atoms with Gasteiger partial charge in [0, 0.05) is 57.9 Å². The van der Waals surface area contributed by atoms with Crippen molar-refractivity contribution in [3.05, 3.63) is 77.5 Å². The quantitative estimate of drug-likeness (QED) is 0.214. The average Bonchev–Trinajstić information content (AvgIpc) is 3.23. The summed E-state index contributed by atoms with van der Waals surface area (Å²) in [6.45, 7) is 4.79. The monoisotopic (exact) mass is 536 g/mol. The van der Waals surface area contributed by atoms with Gasteiger partial charge in [0.1, 0.15) is 11.6 Å². The Bertz CT molecular complexity index is 1380. The van der Waals surface area contributed by atoms with Crippen LogP contribution in [0.15, 0.2) is 70.7 Å². The number of nitrogens with one attached hydrogen (secondary N) is 3. The molecule has 1 amide bonds. The van der Waals surface area contributed by atoms with Gasteiger partial charge in [0.15, 0.2) is 11.0 Å². The minimum absolute atomic E-state index is 0. The number of rotatable bonds is 9. The van der Waals surface area contributed by atoms with Crippen LogP contribution >= 0.6 is 11.8 Å². The van der Waals surface area contributed by atoms with E-state index in [-0.39, 0.29) is 17.6 Å². The van der Waals surface area contributed by atoms with Crippen LogP contribution in [0.1, 0.15) is 39.7 Å². The number of amides is 1. The molecule has 0 bridgehead atoms. The number of H-pyrrole nitrogens is 1. The lowest BCUT2D eigenvalue weighted by Gasteiger charge is -2.32. The second-order valence-electron chi connectivity index (χ2n) is 9.31. The summed E-state index contributed by atoms with van der Waals surface area (Å²) in [5, 5.41) is 14.1. The summed E-state index contributed by atoms with van der Waals surface area (Å²) < 4.78 is 0. The van der Waals surface area contributed by atoms with Crippen LogP contribution in [0.2, 0.25) is 0 Å². The molecule has 2 aromatic carbocycles. The van der Waals surface area contributed by atoms with Crippen molar-refractivity contribution in [1.82, 2.24) is 25.1 Å².